The van der Waals surface area contributed by atoms with Gasteiger partial charge in [-0.25, -0.2) is 10.2 Å². The molecule has 3 aromatic rings. The van der Waals surface area contributed by atoms with Crippen molar-refractivity contribution in [1.82, 2.24) is 5.43 Å². The number of methoxy groups -OCH3 is 2. The first-order chi connectivity index (χ1) is 16.4. The molecule has 34 heavy (non-hydrogen) atoms. The van der Waals surface area contributed by atoms with Crippen LogP contribution >= 0.6 is 11.6 Å². The van der Waals surface area contributed by atoms with Gasteiger partial charge < -0.3 is 19.5 Å². The molecule has 3 rings (SSSR count). The molecular formula is C24H20ClN3O6. The summed E-state index contributed by atoms with van der Waals surface area (Å²) in [5, 5.41) is 6.69. The minimum Gasteiger partial charge on any atom is -0.497 e. The second-order valence-electron chi connectivity index (χ2n) is 6.69. The molecule has 0 bridgehead atoms. The lowest BCUT2D eigenvalue weighted by molar-refractivity contribution is -0.136. The summed E-state index contributed by atoms with van der Waals surface area (Å²) in [5.41, 5.74) is 3.42. The molecule has 0 spiro atoms. The van der Waals surface area contributed by atoms with Crippen LogP contribution in [-0.4, -0.2) is 38.2 Å². The Hall–Kier alpha value is -4.37. The maximum absolute atomic E-state index is 12.4. The van der Waals surface area contributed by atoms with E-state index in [4.69, 9.17) is 25.8 Å². The molecule has 2 N–H and O–H groups in total. The van der Waals surface area contributed by atoms with Crippen molar-refractivity contribution in [2.75, 3.05) is 19.5 Å². The molecule has 0 heterocycles. The number of nitrogens with one attached hydrogen (secondary N) is 2. The van der Waals surface area contributed by atoms with Crippen LogP contribution < -0.4 is 25.0 Å². The van der Waals surface area contributed by atoms with Crippen LogP contribution in [0, 0.1) is 0 Å². The Morgan fingerprint density at radius 3 is 2.21 bits per heavy atom. The Kier molecular flexibility index (Phi) is 8.20. The van der Waals surface area contributed by atoms with E-state index in [0.29, 0.717) is 27.6 Å². The minimum absolute atomic E-state index is 0.201. The van der Waals surface area contributed by atoms with Gasteiger partial charge in [-0.3, -0.25) is 9.59 Å². The van der Waals surface area contributed by atoms with Gasteiger partial charge in [0.1, 0.15) is 5.75 Å². The van der Waals surface area contributed by atoms with Gasteiger partial charge in [0.15, 0.2) is 11.5 Å². The Morgan fingerprint density at radius 1 is 0.853 bits per heavy atom. The fourth-order valence-electron chi connectivity index (χ4n) is 2.67. The molecule has 0 fully saturated rings. The predicted molar refractivity (Wildman–Crippen MR) is 127 cm³/mol. The Morgan fingerprint density at radius 2 is 1.56 bits per heavy atom. The highest BCUT2D eigenvalue weighted by Gasteiger charge is 2.14. The van der Waals surface area contributed by atoms with Gasteiger partial charge in [-0.15, -0.1) is 0 Å². The zero-order valence-corrected chi connectivity index (χ0v) is 19.0. The number of nitrogens with zero attached hydrogens (tertiary/aromatic N) is 1. The zero-order valence-electron chi connectivity index (χ0n) is 18.2. The van der Waals surface area contributed by atoms with Gasteiger partial charge in [0, 0.05) is 10.7 Å². The lowest BCUT2D eigenvalue weighted by Crippen LogP contribution is -2.32. The molecule has 2 amide bonds. The molecule has 0 aliphatic heterocycles. The van der Waals surface area contributed by atoms with Crippen molar-refractivity contribution in [2.24, 2.45) is 5.10 Å². The largest absolute Gasteiger partial charge is 0.497 e. The lowest BCUT2D eigenvalue weighted by Gasteiger charge is -2.10. The van der Waals surface area contributed by atoms with E-state index in [1.807, 2.05) is 0 Å². The average Bonchev–Trinajstić information content (AvgIpc) is 2.86. The summed E-state index contributed by atoms with van der Waals surface area (Å²) >= 11 is 5.78. The number of benzene rings is 3. The molecule has 0 saturated heterocycles. The number of esters is 1. The fourth-order valence-corrected chi connectivity index (χ4v) is 2.80. The number of hydrazone groups is 1. The zero-order chi connectivity index (χ0) is 24.5. The van der Waals surface area contributed by atoms with E-state index < -0.39 is 17.8 Å². The average molecular weight is 482 g/mol. The van der Waals surface area contributed by atoms with E-state index in [-0.39, 0.29) is 11.5 Å². The summed E-state index contributed by atoms with van der Waals surface area (Å²) in [4.78, 5) is 36.2. The second-order valence-corrected chi connectivity index (χ2v) is 7.12. The van der Waals surface area contributed by atoms with Gasteiger partial charge in [0.25, 0.3) is 0 Å². The van der Waals surface area contributed by atoms with Crippen molar-refractivity contribution in [3.8, 4) is 17.2 Å². The first-order valence-electron chi connectivity index (χ1n) is 9.84. The molecule has 9 nitrogen and oxygen atoms in total. The Labute approximate surface area is 200 Å². The van der Waals surface area contributed by atoms with Gasteiger partial charge in [-0.2, -0.15) is 5.10 Å². The van der Waals surface area contributed by atoms with E-state index in [1.165, 1.54) is 26.5 Å². The fraction of sp³-hybridized carbons (Fsp3) is 0.0833. The predicted octanol–water partition coefficient (Wildman–Crippen LogP) is 3.67. The van der Waals surface area contributed by atoms with E-state index >= 15 is 0 Å². The number of ether oxygens (including phenoxy) is 3. The Balaban J connectivity index is 1.59. The molecule has 0 unspecified atom stereocenters. The van der Waals surface area contributed by atoms with Crippen molar-refractivity contribution in [2.45, 2.75) is 0 Å². The normalized spacial score (nSPS) is 10.4. The first-order valence-corrected chi connectivity index (χ1v) is 10.2. The van der Waals surface area contributed by atoms with Crippen LogP contribution in [0.3, 0.4) is 0 Å². The van der Waals surface area contributed by atoms with Gasteiger partial charge >= 0.3 is 17.8 Å². The number of carbonyl (C=O) groups is 3. The molecule has 0 saturated carbocycles. The number of rotatable bonds is 7. The molecular weight excluding hydrogens is 462 g/mol. The van der Waals surface area contributed by atoms with Gasteiger partial charge in [-0.05, 0) is 72.3 Å². The third kappa shape index (κ3) is 6.57. The minimum atomic E-state index is -0.955. The molecule has 10 heteroatoms. The monoisotopic (exact) mass is 481 g/mol. The van der Waals surface area contributed by atoms with Crippen LogP contribution in [0.2, 0.25) is 5.02 Å². The summed E-state index contributed by atoms with van der Waals surface area (Å²) in [6.07, 6.45) is 1.31. The quantitative estimate of drug-likeness (QED) is 0.175. The van der Waals surface area contributed by atoms with E-state index in [2.05, 4.69) is 15.8 Å². The summed E-state index contributed by atoms with van der Waals surface area (Å²) in [5.74, 6) is -1.32. The summed E-state index contributed by atoms with van der Waals surface area (Å²) < 4.78 is 15.8. The molecule has 3 aromatic carbocycles. The third-order valence-corrected chi connectivity index (χ3v) is 4.66. The summed E-state index contributed by atoms with van der Waals surface area (Å²) in [7, 11) is 2.95. The van der Waals surface area contributed by atoms with Crippen LogP contribution in [0.4, 0.5) is 5.69 Å². The van der Waals surface area contributed by atoms with E-state index in [0.717, 1.165) is 0 Å². The second kappa shape index (κ2) is 11.5. The van der Waals surface area contributed by atoms with Crippen LogP contribution in [0.25, 0.3) is 0 Å². The van der Waals surface area contributed by atoms with Crippen molar-refractivity contribution in [1.29, 1.82) is 0 Å². The molecule has 0 aromatic heterocycles. The SMILES string of the molecule is COc1ccc(C(=O)Oc2ccc(C=NNC(=O)C(=O)Nc3ccc(Cl)cc3)cc2OC)cc1. The van der Waals surface area contributed by atoms with E-state index in [1.54, 1.807) is 60.7 Å². The molecule has 0 aliphatic carbocycles. The van der Waals surface area contributed by atoms with Gasteiger partial charge in [0.05, 0.1) is 26.0 Å². The highest BCUT2D eigenvalue weighted by molar-refractivity contribution is 6.39. The number of amides is 2. The maximum atomic E-state index is 12.4. The third-order valence-electron chi connectivity index (χ3n) is 4.40. The first kappa shape index (κ1) is 24.3. The van der Waals surface area contributed by atoms with E-state index in [9.17, 15) is 14.4 Å². The number of hydrogen-bond acceptors (Lipinski definition) is 7. The van der Waals surface area contributed by atoms with Crippen LogP contribution in [0.1, 0.15) is 15.9 Å². The molecule has 174 valence electrons. The highest BCUT2D eigenvalue weighted by Crippen LogP contribution is 2.28. The van der Waals surface area contributed by atoms with Crippen molar-refractivity contribution >= 4 is 41.3 Å². The number of carbonyl (C=O) groups excluding carboxylic acids is 3. The van der Waals surface area contributed by atoms with Crippen LogP contribution in [0.15, 0.2) is 71.8 Å². The molecule has 0 radical (unpaired) electrons. The highest BCUT2D eigenvalue weighted by atomic mass is 35.5. The Bertz CT molecular complexity index is 1210. The van der Waals surface area contributed by atoms with Crippen molar-refractivity contribution < 1.29 is 28.6 Å². The lowest BCUT2D eigenvalue weighted by atomic mass is 10.2. The smallest absolute Gasteiger partial charge is 0.343 e. The van der Waals surface area contributed by atoms with Crippen molar-refractivity contribution in [3.05, 3.63) is 82.9 Å². The number of hydrogen-bond donors (Lipinski definition) is 2. The summed E-state index contributed by atoms with van der Waals surface area (Å²) in [6.45, 7) is 0. The molecule has 0 aliphatic rings. The summed E-state index contributed by atoms with van der Waals surface area (Å²) in [6, 6.07) is 17.4. The topological polar surface area (TPSA) is 115 Å². The van der Waals surface area contributed by atoms with Crippen LogP contribution in [-0.2, 0) is 9.59 Å². The number of anilines is 1. The molecule has 0 atom stereocenters. The number of halogens is 1. The van der Waals surface area contributed by atoms with Crippen molar-refractivity contribution in [3.63, 3.8) is 0 Å². The maximum Gasteiger partial charge on any atom is 0.343 e. The standard InChI is InChI=1S/C24H20ClN3O6/c1-32-19-10-4-16(5-11-19)24(31)34-20-12-3-15(13-21(20)33-2)14-26-28-23(30)22(29)27-18-8-6-17(25)7-9-18/h3-14H,1-2H3,(H,27,29)(H,28,30). The van der Waals surface area contributed by atoms with Gasteiger partial charge in [-0.1, -0.05) is 11.6 Å². The van der Waals surface area contributed by atoms with Crippen LogP contribution in [0.5, 0.6) is 17.2 Å². The van der Waals surface area contributed by atoms with Gasteiger partial charge in [0.2, 0.25) is 0 Å².